The third kappa shape index (κ3) is 3.04. The van der Waals surface area contributed by atoms with E-state index in [1.165, 1.54) is 20.7 Å². The Morgan fingerprint density at radius 3 is 2.71 bits per heavy atom. The van der Waals surface area contributed by atoms with Crippen LogP contribution < -0.4 is 0 Å². The summed E-state index contributed by atoms with van der Waals surface area (Å²) in [6, 6.07) is 7.86. The van der Waals surface area contributed by atoms with Crippen molar-refractivity contribution in [2.45, 2.75) is 13.0 Å². The molecule has 0 bridgehead atoms. The SMILES string of the molecule is CCN1CCN([C@H](c2cccs2)c2sc3nc(-c4ccco4)nn3c2O)CC1. The van der Waals surface area contributed by atoms with Gasteiger partial charge in [0, 0.05) is 31.1 Å². The molecule has 7 nitrogen and oxygen atoms in total. The van der Waals surface area contributed by atoms with E-state index in [-0.39, 0.29) is 11.9 Å². The van der Waals surface area contributed by atoms with E-state index in [1.807, 2.05) is 6.07 Å². The maximum Gasteiger partial charge on any atom is 0.230 e. The molecule has 28 heavy (non-hydrogen) atoms. The van der Waals surface area contributed by atoms with Crippen LogP contribution in [-0.4, -0.2) is 62.2 Å². The molecule has 1 saturated heterocycles. The molecule has 0 spiro atoms. The summed E-state index contributed by atoms with van der Waals surface area (Å²) in [4.78, 5) is 12.3. The topological polar surface area (TPSA) is 70.0 Å². The fraction of sp³-hybridized carbons (Fsp3) is 0.368. The third-order valence-electron chi connectivity index (χ3n) is 5.22. The number of hydrogen-bond acceptors (Lipinski definition) is 8. The molecule has 0 aliphatic carbocycles. The number of hydrogen-bond donors (Lipinski definition) is 1. The standard InChI is InChI=1S/C19H21N5O2S2/c1-2-22-7-9-23(10-8-22)15(14-6-4-12-27-14)16-18(25)24-19(28-16)20-17(21-24)13-5-3-11-26-13/h3-6,11-12,15,25H,2,7-10H2,1H3/t15-/m1/s1. The lowest BCUT2D eigenvalue weighted by atomic mass is 10.1. The van der Waals surface area contributed by atoms with Crippen LogP contribution in [0.4, 0.5) is 0 Å². The first-order valence-electron chi connectivity index (χ1n) is 9.36. The first-order chi connectivity index (χ1) is 13.7. The number of aromatic nitrogens is 3. The van der Waals surface area contributed by atoms with Crippen LogP contribution in [0.5, 0.6) is 5.88 Å². The first-order valence-corrected chi connectivity index (χ1v) is 11.1. The van der Waals surface area contributed by atoms with Crippen LogP contribution in [0.2, 0.25) is 0 Å². The van der Waals surface area contributed by atoms with Crippen LogP contribution >= 0.6 is 22.7 Å². The molecular weight excluding hydrogens is 394 g/mol. The molecule has 0 unspecified atom stereocenters. The van der Waals surface area contributed by atoms with Crippen LogP contribution in [0.1, 0.15) is 22.7 Å². The normalized spacial score (nSPS) is 17.5. The fourth-order valence-electron chi connectivity index (χ4n) is 3.70. The minimum atomic E-state index is 0.0274. The van der Waals surface area contributed by atoms with Crippen molar-refractivity contribution in [1.29, 1.82) is 0 Å². The van der Waals surface area contributed by atoms with E-state index in [0.29, 0.717) is 16.5 Å². The van der Waals surface area contributed by atoms with E-state index >= 15 is 0 Å². The van der Waals surface area contributed by atoms with Crippen LogP contribution in [-0.2, 0) is 0 Å². The van der Waals surface area contributed by atoms with Crippen molar-refractivity contribution in [3.63, 3.8) is 0 Å². The van der Waals surface area contributed by atoms with Gasteiger partial charge in [0.25, 0.3) is 0 Å². The molecule has 1 N–H and O–H groups in total. The molecule has 0 saturated carbocycles. The average molecular weight is 416 g/mol. The maximum atomic E-state index is 11.0. The molecule has 4 aromatic rings. The lowest BCUT2D eigenvalue weighted by Crippen LogP contribution is -2.47. The summed E-state index contributed by atoms with van der Waals surface area (Å²) in [5.41, 5.74) is 0. The van der Waals surface area contributed by atoms with Gasteiger partial charge in [-0.15, -0.1) is 16.4 Å². The average Bonchev–Trinajstić information content (AvgIpc) is 3.50. The molecule has 0 radical (unpaired) electrons. The number of likely N-dealkylation sites (N-methyl/N-ethyl adjacent to an activating group) is 1. The zero-order chi connectivity index (χ0) is 19.1. The Kier molecular flexibility index (Phi) is 4.67. The summed E-state index contributed by atoms with van der Waals surface area (Å²) < 4.78 is 6.91. The second-order valence-electron chi connectivity index (χ2n) is 6.79. The number of rotatable bonds is 5. The second kappa shape index (κ2) is 7.32. The molecule has 1 fully saturated rings. The Labute approximate surface area is 170 Å². The number of piperazine rings is 1. The quantitative estimate of drug-likeness (QED) is 0.538. The van der Waals surface area contributed by atoms with Gasteiger partial charge in [0.2, 0.25) is 16.7 Å². The summed E-state index contributed by atoms with van der Waals surface area (Å²) in [6.45, 7) is 7.32. The fourth-order valence-corrected chi connectivity index (χ4v) is 5.75. The molecular formula is C19H21N5O2S2. The van der Waals surface area contributed by atoms with Crippen LogP contribution in [0.25, 0.3) is 16.5 Å². The summed E-state index contributed by atoms with van der Waals surface area (Å²) in [5, 5.41) is 17.6. The number of fused-ring (bicyclic) bond motifs is 1. The lowest BCUT2D eigenvalue weighted by Gasteiger charge is -2.38. The van der Waals surface area contributed by atoms with Gasteiger partial charge in [-0.3, -0.25) is 4.90 Å². The van der Waals surface area contributed by atoms with Gasteiger partial charge in [0.15, 0.2) is 5.76 Å². The molecule has 5 heterocycles. The number of furan rings is 1. The summed E-state index contributed by atoms with van der Waals surface area (Å²) in [6.07, 6.45) is 1.60. The second-order valence-corrected chi connectivity index (χ2v) is 8.77. The minimum Gasteiger partial charge on any atom is -0.492 e. The van der Waals surface area contributed by atoms with Gasteiger partial charge in [-0.05, 0) is 30.1 Å². The maximum absolute atomic E-state index is 11.0. The zero-order valence-electron chi connectivity index (χ0n) is 15.5. The molecule has 1 atom stereocenters. The molecule has 0 aromatic carbocycles. The van der Waals surface area contributed by atoms with Gasteiger partial charge >= 0.3 is 0 Å². The van der Waals surface area contributed by atoms with E-state index in [2.05, 4.69) is 44.3 Å². The van der Waals surface area contributed by atoms with E-state index < -0.39 is 0 Å². The smallest absolute Gasteiger partial charge is 0.230 e. The zero-order valence-corrected chi connectivity index (χ0v) is 17.1. The van der Waals surface area contributed by atoms with E-state index in [4.69, 9.17) is 4.42 Å². The Balaban J connectivity index is 1.53. The van der Waals surface area contributed by atoms with Crippen molar-refractivity contribution >= 4 is 27.6 Å². The molecule has 1 aliphatic rings. The van der Waals surface area contributed by atoms with Crippen molar-refractivity contribution < 1.29 is 9.52 Å². The summed E-state index contributed by atoms with van der Waals surface area (Å²) >= 11 is 3.22. The van der Waals surface area contributed by atoms with Crippen molar-refractivity contribution in [2.75, 3.05) is 32.7 Å². The highest BCUT2D eigenvalue weighted by molar-refractivity contribution is 7.17. The summed E-state index contributed by atoms with van der Waals surface area (Å²) in [5.74, 6) is 1.26. The third-order valence-corrected chi connectivity index (χ3v) is 7.22. The van der Waals surface area contributed by atoms with Gasteiger partial charge in [0.05, 0.1) is 17.2 Å². The highest BCUT2D eigenvalue weighted by atomic mass is 32.1. The van der Waals surface area contributed by atoms with Crippen LogP contribution in [0, 0.1) is 0 Å². The Hall–Kier alpha value is -2.20. The van der Waals surface area contributed by atoms with E-state index in [1.54, 1.807) is 23.7 Å². The largest absolute Gasteiger partial charge is 0.492 e. The van der Waals surface area contributed by atoms with Gasteiger partial charge in [-0.25, -0.2) is 0 Å². The Morgan fingerprint density at radius 1 is 1.21 bits per heavy atom. The Morgan fingerprint density at radius 2 is 2.07 bits per heavy atom. The number of aromatic hydroxyl groups is 1. The number of thiophene rings is 1. The van der Waals surface area contributed by atoms with Crippen molar-refractivity contribution in [1.82, 2.24) is 24.4 Å². The molecule has 4 aromatic heterocycles. The van der Waals surface area contributed by atoms with E-state index in [9.17, 15) is 5.11 Å². The number of nitrogens with zero attached hydrogens (tertiary/aromatic N) is 5. The predicted octanol–water partition coefficient (Wildman–Crippen LogP) is 3.54. The molecule has 0 amide bonds. The monoisotopic (exact) mass is 415 g/mol. The first kappa shape index (κ1) is 17.9. The highest BCUT2D eigenvalue weighted by Crippen LogP contribution is 2.42. The number of thiazole rings is 1. The van der Waals surface area contributed by atoms with Crippen LogP contribution in [0.15, 0.2) is 40.3 Å². The van der Waals surface area contributed by atoms with Gasteiger partial charge < -0.3 is 14.4 Å². The molecule has 9 heteroatoms. The van der Waals surface area contributed by atoms with Crippen LogP contribution in [0.3, 0.4) is 0 Å². The van der Waals surface area contributed by atoms with Crippen molar-refractivity contribution in [2.24, 2.45) is 0 Å². The predicted molar refractivity (Wildman–Crippen MR) is 110 cm³/mol. The highest BCUT2D eigenvalue weighted by Gasteiger charge is 2.32. The summed E-state index contributed by atoms with van der Waals surface area (Å²) in [7, 11) is 0. The molecule has 5 rings (SSSR count). The van der Waals surface area contributed by atoms with Gasteiger partial charge in [-0.2, -0.15) is 9.50 Å². The lowest BCUT2D eigenvalue weighted by molar-refractivity contribution is 0.114. The van der Waals surface area contributed by atoms with Crippen molar-refractivity contribution in [3.05, 3.63) is 45.7 Å². The van der Waals surface area contributed by atoms with Gasteiger partial charge in [0.1, 0.15) is 0 Å². The minimum absolute atomic E-state index is 0.0274. The Bertz CT molecular complexity index is 1050. The van der Waals surface area contributed by atoms with Crippen molar-refractivity contribution in [3.8, 4) is 17.5 Å². The molecule has 1 aliphatic heterocycles. The van der Waals surface area contributed by atoms with E-state index in [0.717, 1.165) is 37.6 Å². The van der Waals surface area contributed by atoms with Gasteiger partial charge in [-0.1, -0.05) is 24.3 Å². The molecule has 146 valence electrons.